The highest BCUT2D eigenvalue weighted by Crippen LogP contribution is 2.00. The molecule has 0 bridgehead atoms. The van der Waals surface area contributed by atoms with Crippen LogP contribution in [0.5, 0.6) is 0 Å². The molecule has 1 N–H and O–H groups in total. The number of carbonyl (C=O) groups excluding carboxylic acids is 1. The summed E-state index contributed by atoms with van der Waals surface area (Å²) in [6.45, 7) is 2.47. The van der Waals surface area contributed by atoms with Crippen LogP contribution in [0.15, 0.2) is 15.8 Å². The van der Waals surface area contributed by atoms with E-state index in [0.29, 0.717) is 37.8 Å². The molecule has 0 atom stereocenters. The monoisotopic (exact) mass is 268 g/mol. The third-order valence-electron chi connectivity index (χ3n) is 2.86. The molecule has 0 fully saturated rings. The molecule has 0 aliphatic carbocycles. The number of aromatic amines is 1. The Balaban J connectivity index is 2.63. The maximum atomic E-state index is 11.6. The zero-order valence-corrected chi connectivity index (χ0v) is 11.4. The van der Waals surface area contributed by atoms with E-state index in [1.54, 1.807) is 6.20 Å². The van der Waals surface area contributed by atoms with E-state index in [9.17, 15) is 14.4 Å². The van der Waals surface area contributed by atoms with Crippen molar-refractivity contribution >= 4 is 5.97 Å². The predicted molar refractivity (Wildman–Crippen MR) is 71.2 cm³/mol. The molecule has 1 heterocycles. The van der Waals surface area contributed by atoms with Crippen molar-refractivity contribution in [1.29, 1.82) is 0 Å². The topological polar surface area (TPSA) is 81.2 Å². The van der Waals surface area contributed by atoms with Crippen LogP contribution in [-0.4, -0.2) is 22.6 Å². The SMILES string of the molecule is CCCc1cn(CCCCC(=O)OC)c(=O)[nH]c1=O. The van der Waals surface area contributed by atoms with Gasteiger partial charge in [-0.1, -0.05) is 13.3 Å². The second-order valence-corrected chi connectivity index (χ2v) is 4.39. The zero-order valence-electron chi connectivity index (χ0n) is 11.4. The van der Waals surface area contributed by atoms with Crippen LogP contribution in [0.1, 0.15) is 38.2 Å². The van der Waals surface area contributed by atoms with Gasteiger partial charge >= 0.3 is 11.7 Å². The molecule has 1 aromatic rings. The van der Waals surface area contributed by atoms with Crippen LogP contribution in [0.2, 0.25) is 0 Å². The van der Waals surface area contributed by atoms with E-state index in [2.05, 4.69) is 9.72 Å². The van der Waals surface area contributed by atoms with Gasteiger partial charge < -0.3 is 9.30 Å². The van der Waals surface area contributed by atoms with Crippen LogP contribution in [0.4, 0.5) is 0 Å². The largest absolute Gasteiger partial charge is 0.469 e. The van der Waals surface area contributed by atoms with Gasteiger partial charge in [-0.25, -0.2) is 4.79 Å². The molecule has 19 heavy (non-hydrogen) atoms. The van der Waals surface area contributed by atoms with Crippen molar-refractivity contribution in [2.24, 2.45) is 0 Å². The summed E-state index contributed by atoms with van der Waals surface area (Å²) in [5, 5.41) is 0. The Morgan fingerprint density at radius 2 is 2.11 bits per heavy atom. The van der Waals surface area contributed by atoms with Gasteiger partial charge in [-0.3, -0.25) is 14.6 Å². The molecule has 0 radical (unpaired) electrons. The van der Waals surface area contributed by atoms with Gasteiger partial charge in [0, 0.05) is 24.7 Å². The van der Waals surface area contributed by atoms with Crippen molar-refractivity contribution in [2.75, 3.05) is 7.11 Å². The summed E-state index contributed by atoms with van der Waals surface area (Å²) in [7, 11) is 1.35. The zero-order chi connectivity index (χ0) is 14.3. The number of unbranched alkanes of at least 4 members (excludes halogenated alkanes) is 1. The smallest absolute Gasteiger partial charge is 0.328 e. The lowest BCUT2D eigenvalue weighted by Crippen LogP contribution is -2.31. The summed E-state index contributed by atoms with van der Waals surface area (Å²) in [6.07, 6.45) is 4.80. The van der Waals surface area contributed by atoms with E-state index in [-0.39, 0.29) is 11.5 Å². The molecule has 0 aliphatic rings. The lowest BCUT2D eigenvalue weighted by Gasteiger charge is -2.06. The van der Waals surface area contributed by atoms with Crippen LogP contribution >= 0.6 is 0 Å². The first-order valence-corrected chi connectivity index (χ1v) is 6.48. The molecule has 0 amide bonds. The van der Waals surface area contributed by atoms with Crippen molar-refractivity contribution in [3.8, 4) is 0 Å². The fourth-order valence-corrected chi connectivity index (χ4v) is 1.82. The molecule has 0 unspecified atom stereocenters. The highest BCUT2D eigenvalue weighted by atomic mass is 16.5. The van der Waals surface area contributed by atoms with Crippen molar-refractivity contribution in [3.05, 3.63) is 32.6 Å². The van der Waals surface area contributed by atoms with Gasteiger partial charge in [-0.15, -0.1) is 0 Å². The highest BCUT2D eigenvalue weighted by Gasteiger charge is 2.05. The lowest BCUT2D eigenvalue weighted by molar-refractivity contribution is -0.140. The van der Waals surface area contributed by atoms with E-state index in [1.807, 2.05) is 6.92 Å². The molecule has 1 aromatic heterocycles. The van der Waals surface area contributed by atoms with E-state index in [0.717, 1.165) is 6.42 Å². The molecule has 0 saturated carbocycles. The number of hydrogen-bond donors (Lipinski definition) is 1. The van der Waals surface area contributed by atoms with Gasteiger partial charge in [0.1, 0.15) is 0 Å². The minimum atomic E-state index is -0.400. The molecular formula is C13H20N2O4. The highest BCUT2D eigenvalue weighted by molar-refractivity contribution is 5.68. The quantitative estimate of drug-likeness (QED) is 0.586. The lowest BCUT2D eigenvalue weighted by atomic mass is 10.2. The Bertz CT molecular complexity index is 530. The van der Waals surface area contributed by atoms with Gasteiger partial charge in [-0.2, -0.15) is 0 Å². The summed E-state index contributed by atoms with van der Waals surface area (Å²) in [4.78, 5) is 36.4. The number of esters is 1. The number of methoxy groups -OCH3 is 1. The first-order chi connectivity index (χ1) is 9.08. The Labute approximate surface area is 111 Å². The maximum absolute atomic E-state index is 11.6. The number of aryl methyl sites for hydroxylation is 2. The van der Waals surface area contributed by atoms with Crippen LogP contribution in [0.3, 0.4) is 0 Å². The van der Waals surface area contributed by atoms with Gasteiger partial charge in [0.2, 0.25) is 0 Å². The van der Waals surface area contributed by atoms with E-state index in [1.165, 1.54) is 11.7 Å². The molecule has 1 rings (SSSR count). The molecule has 0 saturated heterocycles. The number of rotatable bonds is 7. The number of nitrogens with zero attached hydrogens (tertiary/aromatic N) is 1. The summed E-state index contributed by atoms with van der Waals surface area (Å²) in [6, 6.07) is 0. The molecule has 0 aliphatic heterocycles. The second kappa shape index (κ2) is 7.56. The summed E-state index contributed by atoms with van der Waals surface area (Å²) < 4.78 is 6.03. The van der Waals surface area contributed by atoms with Gasteiger partial charge in [-0.05, 0) is 19.3 Å². The van der Waals surface area contributed by atoms with Crippen LogP contribution in [-0.2, 0) is 22.5 Å². The van der Waals surface area contributed by atoms with Gasteiger partial charge in [0.05, 0.1) is 7.11 Å². The fraction of sp³-hybridized carbons (Fsp3) is 0.615. The van der Waals surface area contributed by atoms with Crippen molar-refractivity contribution < 1.29 is 9.53 Å². The third-order valence-corrected chi connectivity index (χ3v) is 2.86. The van der Waals surface area contributed by atoms with Crippen molar-refractivity contribution in [2.45, 2.75) is 45.6 Å². The number of H-pyrrole nitrogens is 1. The standard InChI is InChI=1S/C13H20N2O4/c1-3-6-10-9-15(13(18)14-12(10)17)8-5-4-7-11(16)19-2/h9H,3-8H2,1-2H3,(H,14,17,18). The van der Waals surface area contributed by atoms with Crippen molar-refractivity contribution in [1.82, 2.24) is 9.55 Å². The average molecular weight is 268 g/mol. The summed E-state index contributed by atoms with van der Waals surface area (Å²) in [5.41, 5.74) is -0.0874. The first kappa shape index (κ1) is 15.2. The van der Waals surface area contributed by atoms with Crippen LogP contribution in [0.25, 0.3) is 0 Å². The van der Waals surface area contributed by atoms with Crippen LogP contribution in [0, 0.1) is 0 Å². The summed E-state index contributed by atoms with van der Waals surface area (Å²) in [5.74, 6) is -0.250. The van der Waals surface area contributed by atoms with E-state index < -0.39 is 5.69 Å². The Hall–Kier alpha value is -1.85. The van der Waals surface area contributed by atoms with Crippen molar-refractivity contribution in [3.63, 3.8) is 0 Å². The average Bonchev–Trinajstić information content (AvgIpc) is 2.39. The van der Waals surface area contributed by atoms with Gasteiger partial charge in [0.15, 0.2) is 0 Å². The fourth-order valence-electron chi connectivity index (χ4n) is 1.82. The first-order valence-electron chi connectivity index (χ1n) is 6.48. The van der Waals surface area contributed by atoms with E-state index >= 15 is 0 Å². The Morgan fingerprint density at radius 1 is 1.37 bits per heavy atom. The van der Waals surface area contributed by atoms with E-state index in [4.69, 9.17) is 0 Å². The Morgan fingerprint density at radius 3 is 2.74 bits per heavy atom. The summed E-state index contributed by atoms with van der Waals surface area (Å²) >= 11 is 0. The molecule has 6 heteroatoms. The maximum Gasteiger partial charge on any atom is 0.328 e. The number of ether oxygens (including phenoxy) is 1. The van der Waals surface area contributed by atoms with Crippen LogP contribution < -0.4 is 11.2 Å². The molecule has 106 valence electrons. The predicted octanol–water partition coefficient (Wildman–Crippen LogP) is 0.832. The second-order valence-electron chi connectivity index (χ2n) is 4.39. The molecule has 0 spiro atoms. The number of hydrogen-bond acceptors (Lipinski definition) is 4. The molecular weight excluding hydrogens is 248 g/mol. The minimum Gasteiger partial charge on any atom is -0.469 e. The normalized spacial score (nSPS) is 10.4. The third kappa shape index (κ3) is 4.73. The molecule has 0 aromatic carbocycles. The van der Waals surface area contributed by atoms with Gasteiger partial charge in [0.25, 0.3) is 5.56 Å². The number of carbonyl (C=O) groups is 1. The Kier molecular flexibility index (Phi) is 6.05. The molecule has 6 nitrogen and oxygen atoms in total. The number of aromatic nitrogens is 2. The number of nitrogens with one attached hydrogen (secondary N) is 1. The minimum absolute atomic E-state index is 0.250.